The van der Waals surface area contributed by atoms with Crippen LogP contribution >= 0.6 is 0 Å². The minimum atomic E-state index is -3.62. The monoisotopic (exact) mass is 492 g/mol. The Hall–Kier alpha value is -2.87. The lowest BCUT2D eigenvalue weighted by Gasteiger charge is -2.40. The van der Waals surface area contributed by atoms with E-state index in [0.29, 0.717) is 11.4 Å². The van der Waals surface area contributed by atoms with Gasteiger partial charge in [-0.1, -0.05) is 48.0 Å². The van der Waals surface area contributed by atoms with Crippen LogP contribution in [0.4, 0.5) is 11.4 Å². The average molecular weight is 493 g/mol. The molecule has 1 aliphatic rings. The maximum atomic E-state index is 13.2. The van der Waals surface area contributed by atoms with Crippen LogP contribution in [0.2, 0.25) is 0 Å². The SMILES string of the molecule is Cc1ccc(S(=O)(=O)NC[C@H](c2ccc(N(C)C)cc2)N2CCN(c3ccccc3)CC2)c(C)c1. The second kappa shape index (κ2) is 10.8. The Bertz CT molecular complexity index is 1220. The van der Waals surface area contributed by atoms with Crippen LogP contribution in [0.15, 0.2) is 77.7 Å². The van der Waals surface area contributed by atoms with Gasteiger partial charge in [-0.2, -0.15) is 0 Å². The lowest BCUT2D eigenvalue weighted by Crippen LogP contribution is -2.50. The fraction of sp³-hybridized carbons (Fsp3) is 0.357. The van der Waals surface area contributed by atoms with Crippen molar-refractivity contribution in [3.8, 4) is 0 Å². The molecule has 1 saturated heterocycles. The van der Waals surface area contributed by atoms with Crippen LogP contribution in [-0.4, -0.2) is 60.1 Å². The van der Waals surface area contributed by atoms with Gasteiger partial charge in [0.15, 0.2) is 0 Å². The van der Waals surface area contributed by atoms with Crippen LogP contribution in [0.1, 0.15) is 22.7 Å². The molecule has 3 aromatic carbocycles. The largest absolute Gasteiger partial charge is 0.378 e. The van der Waals surface area contributed by atoms with Gasteiger partial charge in [0.05, 0.1) is 4.90 Å². The van der Waals surface area contributed by atoms with Gasteiger partial charge < -0.3 is 9.80 Å². The zero-order valence-corrected chi connectivity index (χ0v) is 21.9. The van der Waals surface area contributed by atoms with Crippen molar-refractivity contribution in [3.05, 3.63) is 89.5 Å². The third kappa shape index (κ3) is 6.04. The molecule has 1 atom stereocenters. The summed E-state index contributed by atoms with van der Waals surface area (Å²) in [5.74, 6) is 0. The Kier molecular flexibility index (Phi) is 7.79. The lowest BCUT2D eigenvalue weighted by atomic mass is 10.0. The van der Waals surface area contributed by atoms with Gasteiger partial charge >= 0.3 is 0 Å². The molecule has 0 aliphatic carbocycles. The highest BCUT2D eigenvalue weighted by molar-refractivity contribution is 7.89. The molecule has 1 heterocycles. The summed E-state index contributed by atoms with van der Waals surface area (Å²) in [6.07, 6.45) is 0. The highest BCUT2D eigenvalue weighted by Crippen LogP contribution is 2.26. The molecule has 0 spiro atoms. The van der Waals surface area contributed by atoms with Crippen molar-refractivity contribution in [2.45, 2.75) is 24.8 Å². The van der Waals surface area contributed by atoms with Gasteiger partial charge in [0.1, 0.15) is 0 Å². The van der Waals surface area contributed by atoms with Crippen molar-refractivity contribution in [1.82, 2.24) is 9.62 Å². The lowest BCUT2D eigenvalue weighted by molar-refractivity contribution is 0.187. The Morgan fingerprint density at radius 1 is 0.886 bits per heavy atom. The minimum absolute atomic E-state index is 0.0512. The summed E-state index contributed by atoms with van der Waals surface area (Å²) in [6, 6.07) is 24.3. The van der Waals surface area contributed by atoms with E-state index < -0.39 is 10.0 Å². The summed E-state index contributed by atoms with van der Waals surface area (Å²) in [4.78, 5) is 7.20. The fourth-order valence-corrected chi connectivity index (χ4v) is 6.01. The predicted molar refractivity (Wildman–Crippen MR) is 145 cm³/mol. The smallest absolute Gasteiger partial charge is 0.240 e. The molecule has 1 N–H and O–H groups in total. The highest BCUT2D eigenvalue weighted by atomic mass is 32.2. The van der Waals surface area contributed by atoms with Gasteiger partial charge in [-0.3, -0.25) is 4.90 Å². The van der Waals surface area contributed by atoms with Crippen molar-refractivity contribution in [1.29, 1.82) is 0 Å². The number of nitrogens with one attached hydrogen (secondary N) is 1. The van der Waals surface area contributed by atoms with E-state index in [1.54, 1.807) is 6.07 Å². The molecule has 1 fully saturated rings. The first-order valence-corrected chi connectivity index (χ1v) is 13.6. The Morgan fingerprint density at radius 2 is 1.54 bits per heavy atom. The van der Waals surface area contributed by atoms with E-state index in [2.05, 4.69) is 68.0 Å². The van der Waals surface area contributed by atoms with E-state index in [1.807, 2.05) is 46.1 Å². The van der Waals surface area contributed by atoms with Crippen molar-refractivity contribution >= 4 is 21.4 Å². The molecule has 186 valence electrons. The summed E-state index contributed by atoms with van der Waals surface area (Å²) in [6.45, 7) is 7.67. The molecule has 3 aromatic rings. The molecule has 0 radical (unpaired) electrons. The first-order valence-electron chi connectivity index (χ1n) is 12.1. The zero-order chi connectivity index (χ0) is 25.0. The van der Waals surface area contributed by atoms with Gasteiger partial charge in [-0.15, -0.1) is 0 Å². The molecule has 4 rings (SSSR count). The predicted octanol–water partition coefficient (Wildman–Crippen LogP) is 4.21. The number of anilines is 2. The molecule has 6 nitrogen and oxygen atoms in total. The van der Waals surface area contributed by atoms with E-state index >= 15 is 0 Å². The van der Waals surface area contributed by atoms with Crippen LogP contribution in [0.25, 0.3) is 0 Å². The van der Waals surface area contributed by atoms with Crippen molar-refractivity contribution in [2.24, 2.45) is 0 Å². The van der Waals surface area contributed by atoms with Crippen molar-refractivity contribution < 1.29 is 8.42 Å². The van der Waals surface area contributed by atoms with E-state index in [0.717, 1.165) is 48.6 Å². The normalized spacial score (nSPS) is 15.7. The van der Waals surface area contributed by atoms with E-state index in [-0.39, 0.29) is 6.04 Å². The summed E-state index contributed by atoms with van der Waals surface area (Å²) < 4.78 is 29.4. The number of benzene rings is 3. The van der Waals surface area contributed by atoms with Crippen LogP contribution in [0.5, 0.6) is 0 Å². The maximum absolute atomic E-state index is 13.2. The second-order valence-electron chi connectivity index (χ2n) is 9.48. The quantitative estimate of drug-likeness (QED) is 0.511. The second-order valence-corrected chi connectivity index (χ2v) is 11.2. The number of hydrogen-bond acceptors (Lipinski definition) is 5. The maximum Gasteiger partial charge on any atom is 0.240 e. The Balaban J connectivity index is 1.54. The third-order valence-corrected chi connectivity index (χ3v) is 8.34. The molecule has 0 saturated carbocycles. The van der Waals surface area contributed by atoms with E-state index in [9.17, 15) is 8.42 Å². The summed E-state index contributed by atoms with van der Waals surface area (Å²) in [7, 11) is 0.422. The number of para-hydroxylation sites is 1. The van der Waals surface area contributed by atoms with Crippen LogP contribution in [0, 0.1) is 13.8 Å². The number of piperazine rings is 1. The van der Waals surface area contributed by atoms with Gasteiger partial charge in [0, 0.05) is 64.2 Å². The number of nitrogens with zero attached hydrogens (tertiary/aromatic N) is 3. The number of rotatable bonds is 8. The van der Waals surface area contributed by atoms with Gasteiger partial charge in [0.2, 0.25) is 10.0 Å². The molecule has 1 aliphatic heterocycles. The Labute approximate surface area is 210 Å². The first kappa shape index (κ1) is 25.2. The van der Waals surface area contributed by atoms with Crippen molar-refractivity contribution in [3.63, 3.8) is 0 Å². The van der Waals surface area contributed by atoms with E-state index in [4.69, 9.17) is 0 Å². The molecule has 0 unspecified atom stereocenters. The summed E-state index contributed by atoms with van der Waals surface area (Å²) in [5, 5.41) is 0. The highest BCUT2D eigenvalue weighted by Gasteiger charge is 2.27. The van der Waals surface area contributed by atoms with Gasteiger partial charge in [-0.25, -0.2) is 13.1 Å². The number of sulfonamides is 1. The molecular formula is C28H36N4O2S. The summed E-state index contributed by atoms with van der Waals surface area (Å²) >= 11 is 0. The Morgan fingerprint density at radius 3 is 2.14 bits per heavy atom. The molecule has 0 amide bonds. The topological polar surface area (TPSA) is 55.9 Å². The standard InChI is InChI=1S/C28H36N4O2S/c1-22-10-15-28(23(2)20-22)35(33,34)29-21-27(24-11-13-25(14-12-24)30(3)4)32-18-16-31(17-19-32)26-8-6-5-7-9-26/h5-15,20,27,29H,16-19,21H2,1-4H3/t27-/m1/s1. The van der Waals surface area contributed by atoms with Crippen LogP contribution in [-0.2, 0) is 10.0 Å². The molecular weight excluding hydrogens is 456 g/mol. The molecule has 0 bridgehead atoms. The van der Waals surface area contributed by atoms with Crippen LogP contribution < -0.4 is 14.5 Å². The molecule has 35 heavy (non-hydrogen) atoms. The summed E-state index contributed by atoms with van der Waals surface area (Å²) in [5.41, 5.74) is 5.29. The van der Waals surface area contributed by atoms with Crippen molar-refractivity contribution in [2.75, 3.05) is 56.6 Å². The number of hydrogen-bond donors (Lipinski definition) is 1. The third-order valence-electron chi connectivity index (χ3n) is 6.76. The zero-order valence-electron chi connectivity index (χ0n) is 21.1. The number of aryl methyl sites for hydroxylation is 2. The average Bonchev–Trinajstić information content (AvgIpc) is 2.85. The van der Waals surface area contributed by atoms with Gasteiger partial charge in [0.25, 0.3) is 0 Å². The fourth-order valence-electron chi connectivity index (χ4n) is 4.75. The molecule has 0 aromatic heterocycles. The molecule has 7 heteroatoms. The van der Waals surface area contributed by atoms with Crippen LogP contribution in [0.3, 0.4) is 0 Å². The van der Waals surface area contributed by atoms with Gasteiger partial charge in [-0.05, 0) is 55.3 Å². The minimum Gasteiger partial charge on any atom is -0.378 e. The van der Waals surface area contributed by atoms with E-state index in [1.165, 1.54) is 5.69 Å². The first-order chi connectivity index (χ1) is 16.7.